The maximum atomic E-state index is 13.9. The summed E-state index contributed by atoms with van der Waals surface area (Å²) in [6, 6.07) is 14.9. The Bertz CT molecular complexity index is 724. The van der Waals surface area contributed by atoms with Gasteiger partial charge < -0.3 is 19.5 Å². The molecule has 3 rings (SSSR count). The Labute approximate surface area is 145 Å². The van der Waals surface area contributed by atoms with E-state index in [-0.39, 0.29) is 38.5 Å². The average molecular weight is 345 g/mol. The lowest BCUT2D eigenvalue weighted by Crippen LogP contribution is -2.50. The van der Waals surface area contributed by atoms with Crippen molar-refractivity contribution in [3.63, 3.8) is 0 Å². The number of para-hydroxylation sites is 1. The quantitative estimate of drug-likeness (QED) is 0.922. The summed E-state index contributed by atoms with van der Waals surface area (Å²) in [5, 5.41) is 10.8. The minimum atomic E-state index is -1.37. The monoisotopic (exact) mass is 345 g/mol. The van der Waals surface area contributed by atoms with E-state index in [4.69, 9.17) is 9.47 Å². The van der Waals surface area contributed by atoms with Crippen molar-refractivity contribution in [3.8, 4) is 5.75 Å². The van der Waals surface area contributed by atoms with Gasteiger partial charge in [0.15, 0.2) is 0 Å². The zero-order valence-corrected chi connectivity index (χ0v) is 13.7. The highest BCUT2D eigenvalue weighted by molar-refractivity contribution is 5.94. The Morgan fingerprint density at radius 1 is 1.20 bits per heavy atom. The number of hydrogen-bond donors (Lipinski definition) is 1. The number of ether oxygens (including phenoxy) is 2. The minimum Gasteiger partial charge on any atom is -0.490 e. The number of nitrogens with zero attached hydrogens (tertiary/aromatic N) is 1. The van der Waals surface area contributed by atoms with Gasteiger partial charge >= 0.3 is 0 Å². The highest BCUT2D eigenvalue weighted by Crippen LogP contribution is 2.19. The highest BCUT2D eigenvalue weighted by Gasteiger charge is 2.36. The second-order valence-corrected chi connectivity index (χ2v) is 6.09. The van der Waals surface area contributed by atoms with E-state index in [2.05, 4.69) is 0 Å². The predicted octanol–water partition coefficient (Wildman–Crippen LogP) is 2.11. The van der Waals surface area contributed by atoms with Crippen LogP contribution in [0, 0.1) is 5.82 Å². The molecule has 25 heavy (non-hydrogen) atoms. The molecule has 0 bridgehead atoms. The van der Waals surface area contributed by atoms with E-state index in [1.165, 1.54) is 23.1 Å². The molecular weight excluding hydrogens is 325 g/mol. The summed E-state index contributed by atoms with van der Waals surface area (Å²) in [5.74, 6) is -0.435. The molecule has 1 N–H and O–H groups in total. The second-order valence-electron chi connectivity index (χ2n) is 6.09. The number of β-amino-alcohol motifs (C(OH)–C–C–N with tert-alkyl or cyclic N) is 1. The minimum absolute atomic E-state index is 0.00695. The largest absolute Gasteiger partial charge is 0.490 e. The standard InChI is InChI=1S/C19H20FNO4/c20-17-9-5-4-8-16(17)18(22)21-10-11-24-13-19(23,12-21)14-25-15-6-2-1-3-7-15/h1-9,23H,10-14H2/t19-/m0/s1. The number of benzene rings is 2. The van der Waals surface area contributed by atoms with Crippen molar-refractivity contribution >= 4 is 5.91 Å². The molecule has 1 amide bonds. The van der Waals surface area contributed by atoms with Crippen molar-refractivity contribution in [2.75, 3.05) is 32.9 Å². The van der Waals surface area contributed by atoms with Crippen LogP contribution in [0.1, 0.15) is 10.4 Å². The molecule has 1 fully saturated rings. The Balaban J connectivity index is 1.71. The summed E-state index contributed by atoms with van der Waals surface area (Å²) < 4.78 is 24.9. The Morgan fingerprint density at radius 2 is 1.92 bits per heavy atom. The fraction of sp³-hybridized carbons (Fsp3) is 0.316. The fourth-order valence-electron chi connectivity index (χ4n) is 2.72. The summed E-state index contributed by atoms with van der Waals surface area (Å²) in [6.07, 6.45) is 0. The van der Waals surface area contributed by atoms with Gasteiger partial charge in [-0.25, -0.2) is 4.39 Å². The molecule has 0 aliphatic carbocycles. The Kier molecular flexibility index (Phi) is 5.31. The maximum Gasteiger partial charge on any atom is 0.257 e. The molecule has 1 aliphatic rings. The molecule has 1 aliphatic heterocycles. The molecule has 0 aromatic heterocycles. The molecule has 6 heteroatoms. The van der Waals surface area contributed by atoms with Gasteiger partial charge in [0, 0.05) is 6.54 Å². The zero-order chi connectivity index (χ0) is 17.7. The second kappa shape index (κ2) is 7.63. The summed E-state index contributed by atoms with van der Waals surface area (Å²) in [6.45, 7) is 0.570. The molecule has 0 spiro atoms. The average Bonchev–Trinajstić information content (AvgIpc) is 2.83. The normalized spacial score (nSPS) is 20.8. The predicted molar refractivity (Wildman–Crippen MR) is 90.0 cm³/mol. The van der Waals surface area contributed by atoms with Crippen molar-refractivity contribution in [2.24, 2.45) is 0 Å². The van der Waals surface area contributed by atoms with Gasteiger partial charge in [0.25, 0.3) is 5.91 Å². The van der Waals surface area contributed by atoms with Gasteiger partial charge in [0.1, 0.15) is 23.8 Å². The van der Waals surface area contributed by atoms with Crippen LogP contribution in [0.4, 0.5) is 4.39 Å². The topological polar surface area (TPSA) is 59.0 Å². The molecule has 132 valence electrons. The van der Waals surface area contributed by atoms with Crippen LogP contribution in [0.15, 0.2) is 54.6 Å². The highest BCUT2D eigenvalue weighted by atomic mass is 19.1. The number of carbonyl (C=O) groups is 1. The molecule has 1 heterocycles. The molecule has 0 saturated carbocycles. The summed E-state index contributed by atoms with van der Waals surface area (Å²) in [5.41, 5.74) is -1.39. The lowest BCUT2D eigenvalue weighted by atomic mass is 10.1. The first kappa shape index (κ1) is 17.4. The van der Waals surface area contributed by atoms with E-state index in [0.29, 0.717) is 5.75 Å². The van der Waals surface area contributed by atoms with E-state index in [9.17, 15) is 14.3 Å². The summed E-state index contributed by atoms with van der Waals surface area (Å²) in [4.78, 5) is 14.0. The molecule has 2 aromatic carbocycles. The van der Waals surface area contributed by atoms with E-state index < -0.39 is 17.3 Å². The van der Waals surface area contributed by atoms with E-state index in [1.54, 1.807) is 18.2 Å². The van der Waals surface area contributed by atoms with Gasteiger partial charge in [0.2, 0.25) is 0 Å². The van der Waals surface area contributed by atoms with Crippen LogP contribution in [0.25, 0.3) is 0 Å². The summed E-state index contributed by atoms with van der Waals surface area (Å²) in [7, 11) is 0. The van der Waals surface area contributed by atoms with E-state index in [1.807, 2.05) is 18.2 Å². The fourth-order valence-corrected chi connectivity index (χ4v) is 2.72. The maximum absolute atomic E-state index is 13.9. The van der Waals surface area contributed by atoms with Crippen LogP contribution in [-0.4, -0.2) is 54.4 Å². The zero-order valence-electron chi connectivity index (χ0n) is 13.7. The van der Waals surface area contributed by atoms with Crippen LogP contribution >= 0.6 is 0 Å². The van der Waals surface area contributed by atoms with Crippen molar-refractivity contribution in [2.45, 2.75) is 5.60 Å². The molecule has 1 saturated heterocycles. The van der Waals surface area contributed by atoms with E-state index in [0.717, 1.165) is 0 Å². The number of aliphatic hydroxyl groups is 1. The lowest BCUT2D eigenvalue weighted by molar-refractivity contribution is -0.0621. The Hall–Kier alpha value is -2.44. The Morgan fingerprint density at radius 3 is 2.68 bits per heavy atom. The van der Waals surface area contributed by atoms with Crippen molar-refractivity contribution < 1.29 is 23.8 Å². The first-order valence-corrected chi connectivity index (χ1v) is 8.09. The van der Waals surface area contributed by atoms with Gasteiger partial charge in [0.05, 0.1) is 25.3 Å². The van der Waals surface area contributed by atoms with Crippen molar-refractivity contribution in [1.82, 2.24) is 4.90 Å². The van der Waals surface area contributed by atoms with Gasteiger partial charge in [-0.3, -0.25) is 4.79 Å². The SMILES string of the molecule is O=C(c1ccccc1F)N1CCOC[C@](O)(COc2ccccc2)C1. The molecule has 0 unspecified atom stereocenters. The third-order valence-electron chi connectivity index (χ3n) is 4.00. The molecular formula is C19H20FNO4. The van der Waals surface area contributed by atoms with E-state index >= 15 is 0 Å². The van der Waals surface area contributed by atoms with Crippen LogP contribution in [0.5, 0.6) is 5.75 Å². The smallest absolute Gasteiger partial charge is 0.257 e. The van der Waals surface area contributed by atoms with Crippen molar-refractivity contribution in [1.29, 1.82) is 0 Å². The number of halogens is 1. The number of amides is 1. The van der Waals surface area contributed by atoms with Gasteiger partial charge in [-0.05, 0) is 24.3 Å². The van der Waals surface area contributed by atoms with Gasteiger partial charge in [-0.1, -0.05) is 30.3 Å². The third kappa shape index (κ3) is 4.35. The lowest BCUT2D eigenvalue weighted by Gasteiger charge is -2.30. The number of hydrogen-bond acceptors (Lipinski definition) is 4. The van der Waals surface area contributed by atoms with Gasteiger partial charge in [-0.15, -0.1) is 0 Å². The van der Waals surface area contributed by atoms with Crippen molar-refractivity contribution in [3.05, 3.63) is 66.0 Å². The first-order chi connectivity index (χ1) is 12.1. The van der Waals surface area contributed by atoms with Crippen LogP contribution in [-0.2, 0) is 4.74 Å². The number of rotatable bonds is 4. The van der Waals surface area contributed by atoms with Crippen LogP contribution < -0.4 is 4.74 Å². The summed E-state index contributed by atoms with van der Waals surface area (Å²) >= 11 is 0. The molecule has 2 aromatic rings. The first-order valence-electron chi connectivity index (χ1n) is 8.09. The number of carbonyl (C=O) groups excluding carboxylic acids is 1. The molecule has 1 atom stereocenters. The third-order valence-corrected chi connectivity index (χ3v) is 4.00. The molecule has 0 radical (unpaired) electrons. The molecule has 5 nitrogen and oxygen atoms in total. The van der Waals surface area contributed by atoms with Crippen LogP contribution in [0.3, 0.4) is 0 Å². The van der Waals surface area contributed by atoms with Gasteiger partial charge in [-0.2, -0.15) is 0 Å². The van der Waals surface area contributed by atoms with Crippen LogP contribution in [0.2, 0.25) is 0 Å².